The molecule has 0 aromatic carbocycles. The lowest BCUT2D eigenvalue weighted by Crippen LogP contribution is -2.09. The molecule has 1 rings (SSSR count). The number of ketones is 1. The summed E-state index contributed by atoms with van der Waals surface area (Å²) in [5.41, 5.74) is 0. The highest BCUT2D eigenvalue weighted by atomic mass is 79.9. The first-order valence-corrected chi connectivity index (χ1v) is 8.52. The van der Waals surface area contributed by atoms with Crippen LogP contribution in [-0.4, -0.2) is 11.1 Å². The number of halogens is 1. The molecule has 100 valence electrons. The van der Waals surface area contributed by atoms with Crippen LogP contribution in [0.15, 0.2) is 0 Å². The molecule has 0 heterocycles. The predicted octanol–water partition coefficient (Wildman–Crippen LogP) is 5.26. The number of Topliss-reactive ketones (excluding diaryl/α,β-unsaturated/α-hetero) is 1. The maximum absolute atomic E-state index is 11.9. The van der Waals surface area contributed by atoms with Gasteiger partial charge in [0, 0.05) is 18.2 Å². The Morgan fingerprint density at radius 2 is 1.65 bits per heavy atom. The van der Waals surface area contributed by atoms with Crippen molar-refractivity contribution in [3.63, 3.8) is 0 Å². The zero-order chi connectivity index (χ0) is 12.3. The second-order valence-corrected chi connectivity index (χ2v) is 6.25. The SMILES string of the molecule is O=C1CCCCCCCCCC(CCCBr)C1. The molecule has 1 unspecified atom stereocenters. The third-order valence-electron chi connectivity index (χ3n) is 3.83. The topological polar surface area (TPSA) is 17.1 Å². The van der Waals surface area contributed by atoms with E-state index >= 15 is 0 Å². The van der Waals surface area contributed by atoms with E-state index in [1.807, 2.05) is 0 Å². The molecule has 1 fully saturated rings. The van der Waals surface area contributed by atoms with Gasteiger partial charge in [0.2, 0.25) is 0 Å². The molecule has 17 heavy (non-hydrogen) atoms. The minimum absolute atomic E-state index is 0.519. The van der Waals surface area contributed by atoms with Crippen LogP contribution in [0.3, 0.4) is 0 Å². The largest absolute Gasteiger partial charge is 0.300 e. The number of hydrogen-bond donors (Lipinski definition) is 0. The van der Waals surface area contributed by atoms with Crippen LogP contribution in [0.5, 0.6) is 0 Å². The summed E-state index contributed by atoms with van der Waals surface area (Å²) >= 11 is 3.49. The van der Waals surface area contributed by atoms with E-state index in [9.17, 15) is 4.79 Å². The third kappa shape index (κ3) is 7.96. The van der Waals surface area contributed by atoms with Gasteiger partial charge in [-0.1, -0.05) is 60.9 Å². The van der Waals surface area contributed by atoms with Crippen LogP contribution in [0.2, 0.25) is 0 Å². The first-order valence-electron chi connectivity index (χ1n) is 7.40. The molecule has 0 bridgehead atoms. The number of carbonyl (C=O) groups is 1. The van der Waals surface area contributed by atoms with Crippen LogP contribution in [0.25, 0.3) is 0 Å². The van der Waals surface area contributed by atoms with E-state index < -0.39 is 0 Å². The molecule has 0 aromatic heterocycles. The minimum atomic E-state index is 0.519. The molecule has 1 atom stereocenters. The zero-order valence-electron chi connectivity index (χ0n) is 11.1. The number of carbonyl (C=O) groups excluding carboxylic acids is 1. The quantitative estimate of drug-likeness (QED) is 0.650. The molecule has 1 aliphatic carbocycles. The Bertz CT molecular complexity index is 203. The van der Waals surface area contributed by atoms with E-state index in [4.69, 9.17) is 0 Å². The Kier molecular flexibility index (Phi) is 9.04. The molecule has 2 heteroatoms. The highest BCUT2D eigenvalue weighted by Gasteiger charge is 2.13. The van der Waals surface area contributed by atoms with Gasteiger partial charge in [0.05, 0.1) is 0 Å². The number of alkyl halides is 1. The second kappa shape index (κ2) is 10.1. The summed E-state index contributed by atoms with van der Waals surface area (Å²) in [6, 6.07) is 0. The van der Waals surface area contributed by atoms with Crippen molar-refractivity contribution < 1.29 is 4.79 Å². The Hall–Kier alpha value is 0.150. The summed E-state index contributed by atoms with van der Waals surface area (Å²) in [7, 11) is 0. The molecule has 0 aromatic rings. The summed E-state index contributed by atoms with van der Waals surface area (Å²) in [5.74, 6) is 1.18. The fourth-order valence-corrected chi connectivity index (χ4v) is 3.10. The normalized spacial score (nSPS) is 25.0. The van der Waals surface area contributed by atoms with E-state index in [1.54, 1.807) is 0 Å². The molecule has 0 radical (unpaired) electrons. The Labute approximate surface area is 115 Å². The number of hydrogen-bond acceptors (Lipinski definition) is 1. The molecule has 0 saturated heterocycles. The monoisotopic (exact) mass is 302 g/mol. The molecule has 0 N–H and O–H groups in total. The van der Waals surface area contributed by atoms with Gasteiger partial charge in [-0.05, 0) is 25.2 Å². The van der Waals surface area contributed by atoms with E-state index in [0.29, 0.717) is 11.7 Å². The van der Waals surface area contributed by atoms with Gasteiger partial charge in [0.25, 0.3) is 0 Å². The van der Waals surface area contributed by atoms with Crippen molar-refractivity contribution in [1.29, 1.82) is 0 Å². The molecule has 1 aliphatic rings. The Morgan fingerprint density at radius 1 is 1.00 bits per heavy atom. The molecular weight excluding hydrogens is 276 g/mol. The Balaban J connectivity index is 2.34. The lowest BCUT2D eigenvalue weighted by molar-refractivity contribution is -0.120. The van der Waals surface area contributed by atoms with Gasteiger partial charge in [-0.3, -0.25) is 4.79 Å². The van der Waals surface area contributed by atoms with Gasteiger partial charge < -0.3 is 0 Å². The first-order chi connectivity index (χ1) is 8.33. The highest BCUT2D eigenvalue weighted by molar-refractivity contribution is 9.09. The van der Waals surface area contributed by atoms with Gasteiger partial charge in [-0.15, -0.1) is 0 Å². The van der Waals surface area contributed by atoms with Crippen LogP contribution in [0, 0.1) is 5.92 Å². The van der Waals surface area contributed by atoms with Crippen molar-refractivity contribution in [3.8, 4) is 0 Å². The van der Waals surface area contributed by atoms with Gasteiger partial charge in [0.1, 0.15) is 5.78 Å². The van der Waals surface area contributed by atoms with Gasteiger partial charge in [0.15, 0.2) is 0 Å². The molecule has 1 saturated carbocycles. The highest BCUT2D eigenvalue weighted by Crippen LogP contribution is 2.23. The van der Waals surface area contributed by atoms with E-state index in [0.717, 1.165) is 24.6 Å². The molecule has 0 spiro atoms. The Morgan fingerprint density at radius 3 is 2.35 bits per heavy atom. The summed E-state index contributed by atoms with van der Waals surface area (Å²) in [5, 5.41) is 1.08. The van der Waals surface area contributed by atoms with Crippen molar-refractivity contribution in [1.82, 2.24) is 0 Å². The van der Waals surface area contributed by atoms with Crippen LogP contribution >= 0.6 is 15.9 Å². The van der Waals surface area contributed by atoms with E-state index in [-0.39, 0.29) is 0 Å². The standard InChI is InChI=1S/C15H27BrO/c16-12-8-10-14-9-6-4-2-1-3-5-7-11-15(17)13-14/h14H,1-13H2. The zero-order valence-corrected chi connectivity index (χ0v) is 12.6. The average Bonchev–Trinajstić information content (AvgIpc) is 2.31. The van der Waals surface area contributed by atoms with Crippen LogP contribution in [0.1, 0.15) is 77.0 Å². The molecular formula is C15H27BrO. The summed E-state index contributed by atoms with van der Waals surface area (Å²) in [6.45, 7) is 0. The summed E-state index contributed by atoms with van der Waals surface area (Å²) < 4.78 is 0. The molecule has 1 nitrogen and oxygen atoms in total. The second-order valence-electron chi connectivity index (χ2n) is 5.45. The number of rotatable bonds is 3. The van der Waals surface area contributed by atoms with Crippen LogP contribution in [-0.2, 0) is 4.79 Å². The third-order valence-corrected chi connectivity index (χ3v) is 4.39. The van der Waals surface area contributed by atoms with Crippen molar-refractivity contribution in [2.24, 2.45) is 5.92 Å². The lowest BCUT2D eigenvalue weighted by Gasteiger charge is -2.16. The maximum atomic E-state index is 11.9. The lowest BCUT2D eigenvalue weighted by atomic mass is 9.89. The smallest absolute Gasteiger partial charge is 0.133 e. The molecule has 0 aliphatic heterocycles. The predicted molar refractivity (Wildman–Crippen MR) is 77.7 cm³/mol. The van der Waals surface area contributed by atoms with Crippen molar-refractivity contribution in [2.75, 3.05) is 5.33 Å². The van der Waals surface area contributed by atoms with Crippen molar-refractivity contribution in [3.05, 3.63) is 0 Å². The van der Waals surface area contributed by atoms with Crippen molar-refractivity contribution in [2.45, 2.75) is 77.0 Å². The summed E-state index contributed by atoms with van der Waals surface area (Å²) in [4.78, 5) is 11.9. The van der Waals surface area contributed by atoms with Gasteiger partial charge >= 0.3 is 0 Å². The van der Waals surface area contributed by atoms with E-state index in [1.165, 1.54) is 57.8 Å². The maximum Gasteiger partial charge on any atom is 0.133 e. The summed E-state index contributed by atoms with van der Waals surface area (Å²) in [6.07, 6.45) is 14.6. The fourth-order valence-electron chi connectivity index (χ4n) is 2.78. The van der Waals surface area contributed by atoms with Gasteiger partial charge in [-0.25, -0.2) is 0 Å². The first kappa shape index (κ1) is 15.2. The fraction of sp³-hybridized carbons (Fsp3) is 0.933. The van der Waals surface area contributed by atoms with Gasteiger partial charge in [-0.2, -0.15) is 0 Å². The average molecular weight is 303 g/mol. The van der Waals surface area contributed by atoms with Crippen molar-refractivity contribution >= 4 is 21.7 Å². The van der Waals surface area contributed by atoms with Crippen LogP contribution in [0.4, 0.5) is 0 Å². The molecule has 0 amide bonds. The van der Waals surface area contributed by atoms with Crippen LogP contribution < -0.4 is 0 Å². The van der Waals surface area contributed by atoms with E-state index in [2.05, 4.69) is 15.9 Å². The minimum Gasteiger partial charge on any atom is -0.300 e.